The van der Waals surface area contributed by atoms with Crippen LogP contribution in [0.2, 0.25) is 0 Å². The molecule has 33 heavy (non-hydrogen) atoms. The van der Waals surface area contributed by atoms with Crippen LogP contribution in [-0.4, -0.2) is 24.8 Å². The van der Waals surface area contributed by atoms with Crippen molar-refractivity contribution in [2.45, 2.75) is 95.7 Å². The molecule has 3 heteroatoms. The summed E-state index contributed by atoms with van der Waals surface area (Å²) in [5.74, 6) is 1.21. The number of esters is 1. The molecule has 2 fully saturated rings. The maximum atomic E-state index is 12.7. The van der Waals surface area contributed by atoms with Crippen molar-refractivity contribution in [3.8, 4) is 0 Å². The summed E-state index contributed by atoms with van der Waals surface area (Å²) in [7, 11) is 0. The zero-order valence-electron chi connectivity index (χ0n) is 20.4. The highest BCUT2D eigenvalue weighted by atomic mass is 16.5. The van der Waals surface area contributed by atoms with E-state index >= 15 is 0 Å². The third kappa shape index (κ3) is 6.69. The summed E-state index contributed by atoms with van der Waals surface area (Å²) in [6.07, 6.45) is 9.49. The molecular weight excluding hydrogens is 408 g/mol. The molecule has 1 atom stereocenters. The molecule has 0 radical (unpaired) electrons. The first-order chi connectivity index (χ1) is 16.1. The lowest BCUT2D eigenvalue weighted by Gasteiger charge is -2.31. The van der Waals surface area contributed by atoms with Crippen molar-refractivity contribution in [1.29, 1.82) is 0 Å². The van der Waals surface area contributed by atoms with E-state index in [9.17, 15) is 4.79 Å². The van der Waals surface area contributed by atoms with Crippen molar-refractivity contribution < 1.29 is 14.3 Å². The van der Waals surface area contributed by atoms with Crippen LogP contribution in [-0.2, 0) is 20.7 Å². The fourth-order valence-corrected chi connectivity index (χ4v) is 5.65. The summed E-state index contributed by atoms with van der Waals surface area (Å²) in [5, 5.41) is 0. The van der Waals surface area contributed by atoms with Gasteiger partial charge in [0.1, 0.15) is 6.10 Å². The highest BCUT2D eigenvalue weighted by molar-refractivity contribution is 5.72. The van der Waals surface area contributed by atoms with Crippen molar-refractivity contribution in [3.05, 3.63) is 71.3 Å². The number of hydrogen-bond donors (Lipinski definition) is 0. The predicted octanol–water partition coefficient (Wildman–Crippen LogP) is 7.20. The molecule has 0 heterocycles. The van der Waals surface area contributed by atoms with Crippen LogP contribution in [0, 0.1) is 5.92 Å². The molecule has 2 saturated carbocycles. The quantitative estimate of drug-likeness (QED) is 0.401. The van der Waals surface area contributed by atoms with Gasteiger partial charge in [0, 0.05) is 6.61 Å². The van der Waals surface area contributed by atoms with Crippen LogP contribution in [0.15, 0.2) is 54.6 Å². The Morgan fingerprint density at radius 2 is 1.48 bits per heavy atom. The van der Waals surface area contributed by atoms with Crippen molar-refractivity contribution in [3.63, 3.8) is 0 Å². The molecule has 0 unspecified atom stereocenters. The Balaban J connectivity index is 1.21. The molecule has 0 N–H and O–H groups in total. The number of ether oxygens (including phenoxy) is 2. The number of carbonyl (C=O) groups excluding carboxylic acids is 1. The monoisotopic (exact) mass is 448 g/mol. The molecule has 0 saturated heterocycles. The van der Waals surface area contributed by atoms with Crippen LogP contribution < -0.4 is 0 Å². The Morgan fingerprint density at radius 1 is 0.848 bits per heavy atom. The molecule has 3 nitrogen and oxygen atoms in total. The normalized spacial score (nSPS) is 26.5. The van der Waals surface area contributed by atoms with Crippen molar-refractivity contribution in [2.75, 3.05) is 6.61 Å². The van der Waals surface area contributed by atoms with Crippen LogP contribution in [0.5, 0.6) is 0 Å². The summed E-state index contributed by atoms with van der Waals surface area (Å²) < 4.78 is 11.6. The fourth-order valence-electron chi connectivity index (χ4n) is 5.65. The minimum absolute atomic E-state index is 0.0403. The molecule has 0 aliphatic heterocycles. The van der Waals surface area contributed by atoms with E-state index < -0.39 is 0 Å². The lowest BCUT2D eigenvalue weighted by atomic mass is 9.78. The Labute approximate surface area is 199 Å². The zero-order valence-corrected chi connectivity index (χ0v) is 20.4. The second-order valence-corrected chi connectivity index (χ2v) is 10.1. The smallest absolute Gasteiger partial charge is 0.309 e. The van der Waals surface area contributed by atoms with Crippen LogP contribution in [0.25, 0.3) is 0 Å². The minimum Gasteiger partial charge on any atom is -0.462 e. The fraction of sp³-hybridized carbons (Fsp3) is 0.567. The number of hydrogen-bond acceptors (Lipinski definition) is 3. The molecule has 178 valence electrons. The lowest BCUT2D eigenvalue weighted by molar-refractivity contribution is -0.158. The van der Waals surface area contributed by atoms with Gasteiger partial charge in [-0.05, 0) is 93.2 Å². The summed E-state index contributed by atoms with van der Waals surface area (Å²) in [5.41, 5.74) is 4.22. The van der Waals surface area contributed by atoms with Crippen molar-refractivity contribution >= 4 is 5.97 Å². The van der Waals surface area contributed by atoms with E-state index in [1.54, 1.807) is 0 Å². The Hall–Kier alpha value is -2.13. The number of benzene rings is 2. The molecule has 0 aromatic heterocycles. The maximum absolute atomic E-state index is 12.7. The van der Waals surface area contributed by atoms with Crippen LogP contribution >= 0.6 is 0 Å². The van der Waals surface area contributed by atoms with Crippen LogP contribution in [0.1, 0.15) is 93.7 Å². The topological polar surface area (TPSA) is 35.5 Å². The lowest BCUT2D eigenvalue weighted by Crippen LogP contribution is -2.31. The first-order valence-electron chi connectivity index (χ1n) is 13.1. The molecule has 0 amide bonds. The first-order valence-corrected chi connectivity index (χ1v) is 13.1. The molecule has 4 rings (SSSR count). The number of rotatable bonds is 8. The van der Waals surface area contributed by atoms with Gasteiger partial charge in [-0.25, -0.2) is 0 Å². The van der Waals surface area contributed by atoms with Gasteiger partial charge in [0.15, 0.2) is 0 Å². The summed E-state index contributed by atoms with van der Waals surface area (Å²) >= 11 is 0. The summed E-state index contributed by atoms with van der Waals surface area (Å²) in [4.78, 5) is 12.7. The maximum Gasteiger partial charge on any atom is 0.309 e. The minimum atomic E-state index is 0.0403. The van der Waals surface area contributed by atoms with Crippen LogP contribution in [0.4, 0.5) is 0 Å². The molecular formula is C30H40O3. The van der Waals surface area contributed by atoms with Gasteiger partial charge in [-0.2, -0.15) is 0 Å². The van der Waals surface area contributed by atoms with Crippen LogP contribution in [0.3, 0.4) is 0 Å². The van der Waals surface area contributed by atoms with E-state index in [2.05, 4.69) is 61.5 Å². The Bertz CT molecular complexity index is 844. The van der Waals surface area contributed by atoms with E-state index in [1.807, 2.05) is 6.92 Å². The molecule has 2 aromatic carbocycles. The van der Waals surface area contributed by atoms with Gasteiger partial charge in [0.2, 0.25) is 0 Å². The van der Waals surface area contributed by atoms with E-state index in [0.717, 1.165) is 64.4 Å². The van der Waals surface area contributed by atoms with Gasteiger partial charge in [-0.1, -0.05) is 61.5 Å². The predicted molar refractivity (Wildman–Crippen MR) is 133 cm³/mol. The highest BCUT2D eigenvalue weighted by Crippen LogP contribution is 2.37. The van der Waals surface area contributed by atoms with E-state index in [0.29, 0.717) is 17.9 Å². The van der Waals surface area contributed by atoms with E-state index in [1.165, 1.54) is 16.7 Å². The van der Waals surface area contributed by atoms with E-state index in [4.69, 9.17) is 9.47 Å². The molecule has 2 aromatic rings. The second-order valence-electron chi connectivity index (χ2n) is 10.1. The SMILES string of the molecule is CCOC1CCC(OC(=O)C2CCC(c3ccc(C[C@@H](C)c4ccccc4)cc3)CC2)CC1. The third-order valence-corrected chi connectivity index (χ3v) is 7.73. The number of carbonyl (C=O) groups is 1. The molecule has 2 aliphatic rings. The van der Waals surface area contributed by atoms with Gasteiger partial charge >= 0.3 is 5.97 Å². The first kappa shape index (κ1) is 24.0. The third-order valence-electron chi connectivity index (χ3n) is 7.73. The van der Waals surface area contributed by atoms with Crippen molar-refractivity contribution in [1.82, 2.24) is 0 Å². The van der Waals surface area contributed by atoms with Gasteiger partial charge in [-0.15, -0.1) is 0 Å². The molecule has 0 bridgehead atoms. The second kappa shape index (κ2) is 11.8. The van der Waals surface area contributed by atoms with Gasteiger partial charge in [-0.3, -0.25) is 4.79 Å². The Morgan fingerprint density at radius 3 is 2.12 bits per heavy atom. The van der Waals surface area contributed by atoms with Gasteiger partial charge in [0.05, 0.1) is 12.0 Å². The zero-order chi connectivity index (χ0) is 23.0. The summed E-state index contributed by atoms with van der Waals surface area (Å²) in [6, 6.07) is 20.0. The Kier molecular flexibility index (Phi) is 8.61. The summed E-state index contributed by atoms with van der Waals surface area (Å²) in [6.45, 7) is 5.12. The molecule has 2 aliphatic carbocycles. The standard InChI is InChI=1S/C30H40O3/c1-3-32-28-17-19-29(20-18-28)33-30(31)27-15-13-26(14-16-27)25-11-9-23(10-12-25)21-22(2)24-7-5-4-6-8-24/h4-12,22,26-29H,3,13-21H2,1-2H3/t22-,26?,27?,28?,29?/m1/s1. The van der Waals surface area contributed by atoms with Gasteiger partial charge < -0.3 is 9.47 Å². The van der Waals surface area contributed by atoms with Crippen molar-refractivity contribution in [2.24, 2.45) is 5.92 Å². The highest BCUT2D eigenvalue weighted by Gasteiger charge is 2.31. The average Bonchev–Trinajstić information content (AvgIpc) is 2.86. The van der Waals surface area contributed by atoms with Gasteiger partial charge in [0.25, 0.3) is 0 Å². The molecule has 0 spiro atoms. The van der Waals surface area contributed by atoms with E-state index in [-0.39, 0.29) is 18.0 Å². The average molecular weight is 449 g/mol. The largest absolute Gasteiger partial charge is 0.462 e.